The maximum Gasteiger partial charge on any atom is 0.416 e. The number of hydrogen-bond donors (Lipinski definition) is 2. The molecular formula is C17H12F6N2O. The zero-order chi connectivity index (χ0) is 19.1. The molecule has 1 heterocycles. The quantitative estimate of drug-likeness (QED) is 0.696. The molecule has 0 saturated carbocycles. The van der Waals surface area contributed by atoms with Crippen LogP contribution >= 0.6 is 0 Å². The van der Waals surface area contributed by atoms with E-state index in [2.05, 4.69) is 10.6 Å². The molecule has 2 aromatic carbocycles. The predicted octanol–water partition coefficient (Wildman–Crippen LogP) is 5.35. The van der Waals surface area contributed by atoms with E-state index in [1.165, 1.54) is 6.07 Å². The van der Waals surface area contributed by atoms with Gasteiger partial charge in [0.25, 0.3) is 0 Å². The van der Waals surface area contributed by atoms with Gasteiger partial charge in [0, 0.05) is 23.5 Å². The first kappa shape index (κ1) is 18.1. The minimum absolute atomic E-state index is 0.0770. The van der Waals surface area contributed by atoms with Crippen LogP contribution in [0.2, 0.25) is 0 Å². The van der Waals surface area contributed by atoms with Crippen LogP contribution in [0.15, 0.2) is 36.4 Å². The number of halogens is 6. The summed E-state index contributed by atoms with van der Waals surface area (Å²) in [7, 11) is 0. The molecule has 2 N–H and O–H groups in total. The molecule has 138 valence electrons. The van der Waals surface area contributed by atoms with Crippen LogP contribution in [0.4, 0.5) is 43.4 Å². The number of anilines is 3. The van der Waals surface area contributed by atoms with Crippen molar-refractivity contribution in [2.45, 2.75) is 25.2 Å². The maximum atomic E-state index is 12.9. The Morgan fingerprint density at radius 2 is 1.42 bits per heavy atom. The van der Waals surface area contributed by atoms with Crippen molar-refractivity contribution in [1.82, 2.24) is 0 Å². The first-order valence-corrected chi connectivity index (χ1v) is 7.52. The van der Waals surface area contributed by atoms with Crippen LogP contribution in [0.3, 0.4) is 0 Å². The molecule has 2 aromatic rings. The number of alkyl halides is 6. The van der Waals surface area contributed by atoms with E-state index in [4.69, 9.17) is 0 Å². The summed E-state index contributed by atoms with van der Waals surface area (Å²) >= 11 is 0. The normalized spacial score (nSPS) is 14.6. The number of aryl methyl sites for hydroxylation is 1. The zero-order valence-electron chi connectivity index (χ0n) is 13.1. The van der Waals surface area contributed by atoms with E-state index in [0.29, 0.717) is 29.9 Å². The highest BCUT2D eigenvalue weighted by atomic mass is 19.4. The summed E-state index contributed by atoms with van der Waals surface area (Å²) in [6.45, 7) is 0. The van der Waals surface area contributed by atoms with Gasteiger partial charge in [0.2, 0.25) is 5.91 Å². The minimum atomic E-state index is -4.90. The number of carbonyl (C=O) groups is 1. The van der Waals surface area contributed by atoms with Gasteiger partial charge in [0.1, 0.15) is 0 Å². The number of rotatable bonds is 2. The topological polar surface area (TPSA) is 41.1 Å². The lowest BCUT2D eigenvalue weighted by atomic mass is 10.0. The van der Waals surface area contributed by atoms with Gasteiger partial charge in [-0.25, -0.2) is 0 Å². The molecule has 0 aliphatic carbocycles. The lowest BCUT2D eigenvalue weighted by Gasteiger charge is -2.19. The maximum absolute atomic E-state index is 12.9. The van der Waals surface area contributed by atoms with Crippen molar-refractivity contribution >= 4 is 23.0 Å². The van der Waals surface area contributed by atoms with Gasteiger partial charge in [-0.05, 0) is 48.4 Å². The predicted molar refractivity (Wildman–Crippen MR) is 83.1 cm³/mol. The average molecular weight is 374 g/mol. The lowest BCUT2D eigenvalue weighted by molar-refractivity contribution is -0.143. The largest absolute Gasteiger partial charge is 0.416 e. The second-order valence-electron chi connectivity index (χ2n) is 5.84. The highest BCUT2D eigenvalue weighted by Gasteiger charge is 2.37. The van der Waals surface area contributed by atoms with E-state index < -0.39 is 23.5 Å². The first-order chi connectivity index (χ1) is 12.0. The molecule has 0 radical (unpaired) electrons. The highest BCUT2D eigenvalue weighted by molar-refractivity contribution is 5.94. The van der Waals surface area contributed by atoms with Crippen molar-refractivity contribution in [2.75, 3.05) is 10.6 Å². The monoisotopic (exact) mass is 374 g/mol. The molecule has 9 heteroatoms. The molecule has 0 unspecified atom stereocenters. The van der Waals surface area contributed by atoms with E-state index >= 15 is 0 Å². The SMILES string of the molecule is O=C1CCc2cc(Nc3cc(C(F)(F)F)cc(C(F)(F)F)c3)ccc2N1. The smallest absolute Gasteiger partial charge is 0.355 e. The second-order valence-corrected chi connectivity index (χ2v) is 5.84. The van der Waals surface area contributed by atoms with Crippen LogP contribution in [0.1, 0.15) is 23.1 Å². The summed E-state index contributed by atoms with van der Waals surface area (Å²) in [5.41, 5.74) is -1.45. The average Bonchev–Trinajstić information content (AvgIpc) is 2.53. The van der Waals surface area contributed by atoms with Crippen molar-refractivity contribution in [3.63, 3.8) is 0 Å². The number of amides is 1. The second kappa shape index (κ2) is 6.22. The van der Waals surface area contributed by atoms with E-state index in [1.54, 1.807) is 12.1 Å². The Hall–Kier alpha value is -2.71. The summed E-state index contributed by atoms with van der Waals surface area (Å²) in [4.78, 5) is 11.3. The molecule has 1 aliphatic heterocycles. The molecule has 0 atom stereocenters. The summed E-state index contributed by atoms with van der Waals surface area (Å²) in [5.74, 6) is -0.147. The van der Waals surface area contributed by atoms with E-state index in [-0.39, 0.29) is 24.1 Å². The third-order valence-electron chi connectivity index (χ3n) is 3.88. The van der Waals surface area contributed by atoms with Gasteiger partial charge >= 0.3 is 12.4 Å². The van der Waals surface area contributed by atoms with Gasteiger partial charge in [0.05, 0.1) is 11.1 Å². The first-order valence-electron chi connectivity index (χ1n) is 7.52. The van der Waals surface area contributed by atoms with Gasteiger partial charge in [0.15, 0.2) is 0 Å². The van der Waals surface area contributed by atoms with Gasteiger partial charge in [-0.3, -0.25) is 4.79 Å². The Kier molecular flexibility index (Phi) is 4.33. The Bertz CT molecular complexity index is 825. The number of benzene rings is 2. The molecule has 0 bridgehead atoms. The molecule has 3 nitrogen and oxygen atoms in total. The van der Waals surface area contributed by atoms with Crippen LogP contribution in [0.5, 0.6) is 0 Å². The van der Waals surface area contributed by atoms with E-state index in [0.717, 1.165) is 5.56 Å². The fourth-order valence-electron chi connectivity index (χ4n) is 2.65. The lowest BCUT2D eigenvalue weighted by Crippen LogP contribution is -2.18. The zero-order valence-corrected chi connectivity index (χ0v) is 13.1. The molecule has 0 aromatic heterocycles. The fourth-order valence-corrected chi connectivity index (χ4v) is 2.65. The summed E-state index contributed by atoms with van der Waals surface area (Å²) in [5, 5.41) is 5.22. The highest BCUT2D eigenvalue weighted by Crippen LogP contribution is 2.38. The van der Waals surface area contributed by atoms with Crippen molar-refractivity contribution in [3.05, 3.63) is 53.1 Å². The summed E-state index contributed by atoms with van der Waals surface area (Å²) < 4.78 is 77.4. The molecule has 0 saturated heterocycles. The Balaban J connectivity index is 1.95. The van der Waals surface area contributed by atoms with Crippen LogP contribution in [0.25, 0.3) is 0 Å². The van der Waals surface area contributed by atoms with Crippen molar-refractivity contribution in [2.24, 2.45) is 0 Å². The Labute approximate surface area is 144 Å². The van der Waals surface area contributed by atoms with Gasteiger partial charge in [-0.2, -0.15) is 26.3 Å². The number of fused-ring (bicyclic) bond motifs is 1. The van der Waals surface area contributed by atoms with Crippen LogP contribution in [0, 0.1) is 0 Å². The summed E-state index contributed by atoms with van der Waals surface area (Å²) in [6.07, 6.45) is -9.11. The van der Waals surface area contributed by atoms with Gasteiger partial charge in [-0.1, -0.05) is 0 Å². The van der Waals surface area contributed by atoms with Crippen molar-refractivity contribution in [1.29, 1.82) is 0 Å². The molecule has 1 aliphatic rings. The van der Waals surface area contributed by atoms with Crippen molar-refractivity contribution < 1.29 is 31.1 Å². The van der Waals surface area contributed by atoms with Crippen LogP contribution in [-0.2, 0) is 23.6 Å². The fraction of sp³-hybridized carbons (Fsp3) is 0.235. The van der Waals surface area contributed by atoms with Crippen LogP contribution < -0.4 is 10.6 Å². The van der Waals surface area contributed by atoms with Crippen molar-refractivity contribution in [3.8, 4) is 0 Å². The van der Waals surface area contributed by atoms with E-state index in [9.17, 15) is 31.1 Å². The van der Waals surface area contributed by atoms with Crippen LogP contribution in [-0.4, -0.2) is 5.91 Å². The number of hydrogen-bond acceptors (Lipinski definition) is 2. The molecule has 26 heavy (non-hydrogen) atoms. The van der Waals surface area contributed by atoms with Gasteiger partial charge < -0.3 is 10.6 Å². The number of nitrogens with one attached hydrogen (secondary N) is 2. The molecule has 1 amide bonds. The minimum Gasteiger partial charge on any atom is -0.355 e. The van der Waals surface area contributed by atoms with E-state index in [1.807, 2.05) is 0 Å². The third kappa shape index (κ3) is 3.92. The third-order valence-corrected chi connectivity index (χ3v) is 3.88. The Morgan fingerprint density at radius 1 is 0.808 bits per heavy atom. The molecule has 0 spiro atoms. The van der Waals surface area contributed by atoms with Gasteiger partial charge in [-0.15, -0.1) is 0 Å². The molecule has 0 fully saturated rings. The molecular weight excluding hydrogens is 362 g/mol. The summed E-state index contributed by atoms with van der Waals surface area (Å²) in [6, 6.07) is 5.92. The number of carbonyl (C=O) groups excluding carboxylic acids is 1. The Morgan fingerprint density at radius 3 is 2.00 bits per heavy atom. The standard InChI is InChI=1S/C17H12F6N2O/c18-16(19,20)10-6-11(17(21,22)23)8-13(7-10)24-12-2-3-14-9(5-12)1-4-15(26)25-14/h2-3,5-8,24H,1,4H2,(H,25,26). The molecule has 3 rings (SSSR count).